The molecule has 0 heterocycles. The van der Waals surface area contributed by atoms with Gasteiger partial charge in [0.15, 0.2) is 0 Å². The van der Waals surface area contributed by atoms with E-state index in [0.29, 0.717) is 18.8 Å². The fourth-order valence-electron chi connectivity index (χ4n) is 3.01. The normalized spacial score (nSPS) is 11.0. The molecule has 0 saturated carbocycles. The second kappa shape index (κ2) is 16.8. The zero-order chi connectivity index (χ0) is 21.2. The first-order chi connectivity index (χ1) is 14.2. The maximum atomic E-state index is 11.9. The van der Waals surface area contributed by atoms with Crippen LogP contribution in [-0.4, -0.2) is 18.5 Å². The van der Waals surface area contributed by atoms with Gasteiger partial charge >= 0.3 is 11.9 Å². The van der Waals surface area contributed by atoms with Crippen molar-refractivity contribution in [3.8, 4) is 5.75 Å². The number of hydrogen-bond acceptors (Lipinski definition) is 4. The van der Waals surface area contributed by atoms with Gasteiger partial charge in [0.05, 0.1) is 0 Å². The summed E-state index contributed by atoms with van der Waals surface area (Å²) in [6, 6.07) is 7.51. The van der Waals surface area contributed by atoms with Gasteiger partial charge in [-0.3, -0.25) is 9.59 Å². The third-order valence-electron chi connectivity index (χ3n) is 4.78. The number of carbonyl (C=O) groups is 2. The predicted molar refractivity (Wildman–Crippen MR) is 118 cm³/mol. The van der Waals surface area contributed by atoms with Crippen molar-refractivity contribution in [1.29, 1.82) is 0 Å². The van der Waals surface area contributed by atoms with Crippen LogP contribution in [0, 0.1) is 0 Å². The highest BCUT2D eigenvalue weighted by atomic mass is 16.5. The van der Waals surface area contributed by atoms with Gasteiger partial charge in [-0.05, 0) is 43.4 Å². The second-order valence-electron chi connectivity index (χ2n) is 7.39. The number of aryl methyl sites for hydroxylation is 1. The SMILES string of the molecule is CCCCCCCCC/C=C/COC(=O)CCCC(=O)Oc1cccc(CC)c1. The Balaban J connectivity index is 2.01. The first-order valence-electron chi connectivity index (χ1n) is 11.3. The predicted octanol–water partition coefficient (Wildman–Crippen LogP) is 6.56. The van der Waals surface area contributed by atoms with Crippen LogP contribution in [0.15, 0.2) is 36.4 Å². The minimum atomic E-state index is -0.319. The van der Waals surface area contributed by atoms with E-state index in [0.717, 1.165) is 18.4 Å². The lowest BCUT2D eigenvalue weighted by Gasteiger charge is -2.06. The van der Waals surface area contributed by atoms with Gasteiger partial charge in [0.1, 0.15) is 12.4 Å². The molecule has 29 heavy (non-hydrogen) atoms. The topological polar surface area (TPSA) is 52.6 Å². The average molecular weight is 403 g/mol. The molecule has 1 aromatic rings. The Hall–Kier alpha value is -2.10. The number of ether oxygens (including phenoxy) is 2. The number of carbonyl (C=O) groups excluding carboxylic acids is 2. The van der Waals surface area contributed by atoms with Gasteiger partial charge < -0.3 is 9.47 Å². The molecule has 0 aromatic heterocycles. The monoisotopic (exact) mass is 402 g/mol. The summed E-state index contributed by atoms with van der Waals surface area (Å²) in [5.41, 5.74) is 1.12. The molecule has 0 aliphatic carbocycles. The maximum Gasteiger partial charge on any atom is 0.311 e. The summed E-state index contributed by atoms with van der Waals surface area (Å²) in [5, 5.41) is 0. The van der Waals surface area contributed by atoms with Gasteiger partial charge in [-0.25, -0.2) is 0 Å². The van der Waals surface area contributed by atoms with Crippen LogP contribution in [0.1, 0.15) is 90.0 Å². The van der Waals surface area contributed by atoms with E-state index in [1.54, 1.807) is 6.07 Å². The Morgan fingerprint density at radius 1 is 0.862 bits per heavy atom. The van der Waals surface area contributed by atoms with Gasteiger partial charge in [-0.2, -0.15) is 0 Å². The van der Waals surface area contributed by atoms with Crippen LogP contribution < -0.4 is 4.74 Å². The van der Waals surface area contributed by atoms with Crippen molar-refractivity contribution in [2.24, 2.45) is 0 Å². The van der Waals surface area contributed by atoms with Crippen LogP contribution in [-0.2, 0) is 20.7 Å². The van der Waals surface area contributed by atoms with E-state index in [2.05, 4.69) is 19.9 Å². The summed E-state index contributed by atoms with van der Waals surface area (Å²) in [6.45, 7) is 4.60. The highest BCUT2D eigenvalue weighted by Gasteiger charge is 2.08. The standard InChI is InChI=1S/C25H38O4/c1-3-5-6-7-8-9-10-11-12-13-20-28-24(26)18-15-19-25(27)29-23-17-14-16-22(4-2)21-23/h12-14,16-17,21H,3-11,15,18-20H2,1-2H3/b13-12+. The highest BCUT2D eigenvalue weighted by molar-refractivity contribution is 5.74. The first-order valence-corrected chi connectivity index (χ1v) is 11.3. The fraction of sp³-hybridized carbons (Fsp3) is 0.600. The Labute approximate surface area is 176 Å². The Morgan fingerprint density at radius 3 is 2.34 bits per heavy atom. The number of hydrogen-bond donors (Lipinski definition) is 0. The third-order valence-corrected chi connectivity index (χ3v) is 4.78. The largest absolute Gasteiger partial charge is 0.461 e. The van der Waals surface area contributed by atoms with Crippen LogP contribution in [0.5, 0.6) is 5.75 Å². The van der Waals surface area contributed by atoms with Crippen LogP contribution in [0.3, 0.4) is 0 Å². The smallest absolute Gasteiger partial charge is 0.311 e. The van der Waals surface area contributed by atoms with Gasteiger partial charge in [0.2, 0.25) is 0 Å². The lowest BCUT2D eigenvalue weighted by molar-refractivity contribution is -0.142. The van der Waals surface area contributed by atoms with E-state index in [4.69, 9.17) is 9.47 Å². The highest BCUT2D eigenvalue weighted by Crippen LogP contribution is 2.15. The van der Waals surface area contributed by atoms with Crippen LogP contribution >= 0.6 is 0 Å². The van der Waals surface area contributed by atoms with E-state index in [1.807, 2.05) is 24.3 Å². The van der Waals surface area contributed by atoms with Gasteiger partial charge in [0, 0.05) is 12.8 Å². The summed E-state index contributed by atoms with van der Waals surface area (Å²) in [4.78, 5) is 23.6. The number of rotatable bonds is 16. The van der Waals surface area contributed by atoms with Crippen molar-refractivity contribution in [3.63, 3.8) is 0 Å². The molecule has 0 atom stereocenters. The number of benzene rings is 1. The van der Waals surface area contributed by atoms with Crippen LogP contribution in [0.25, 0.3) is 0 Å². The average Bonchev–Trinajstić information content (AvgIpc) is 2.72. The van der Waals surface area contributed by atoms with Crippen molar-refractivity contribution in [2.75, 3.05) is 6.61 Å². The van der Waals surface area contributed by atoms with E-state index in [9.17, 15) is 9.59 Å². The lowest BCUT2D eigenvalue weighted by Crippen LogP contribution is -2.10. The molecule has 0 saturated heterocycles. The summed E-state index contributed by atoms with van der Waals surface area (Å²) >= 11 is 0. The number of allylic oxidation sites excluding steroid dienone is 1. The third kappa shape index (κ3) is 13.7. The second-order valence-corrected chi connectivity index (χ2v) is 7.39. The van der Waals surface area contributed by atoms with Crippen molar-refractivity contribution >= 4 is 11.9 Å². The summed E-state index contributed by atoms with van der Waals surface area (Å²) in [5.74, 6) is -0.0324. The van der Waals surface area contributed by atoms with Crippen molar-refractivity contribution in [2.45, 2.75) is 90.9 Å². The maximum absolute atomic E-state index is 11.9. The molecule has 0 radical (unpaired) electrons. The number of esters is 2. The zero-order valence-corrected chi connectivity index (χ0v) is 18.3. The molecule has 4 heteroatoms. The molecule has 0 amide bonds. The van der Waals surface area contributed by atoms with Gasteiger partial charge in [0.25, 0.3) is 0 Å². The molecule has 0 aliphatic heterocycles. The summed E-state index contributed by atoms with van der Waals surface area (Å²) < 4.78 is 10.5. The molecular formula is C25H38O4. The van der Waals surface area contributed by atoms with Gasteiger partial charge in [-0.15, -0.1) is 0 Å². The zero-order valence-electron chi connectivity index (χ0n) is 18.3. The van der Waals surface area contributed by atoms with Crippen molar-refractivity contribution in [3.05, 3.63) is 42.0 Å². The minimum absolute atomic E-state index is 0.208. The van der Waals surface area contributed by atoms with Crippen LogP contribution in [0.4, 0.5) is 0 Å². The van der Waals surface area contributed by atoms with Crippen molar-refractivity contribution in [1.82, 2.24) is 0 Å². The van der Waals surface area contributed by atoms with Gasteiger partial charge in [-0.1, -0.05) is 76.7 Å². The summed E-state index contributed by atoms with van der Waals surface area (Å²) in [6.07, 6.45) is 15.9. The molecule has 162 valence electrons. The first kappa shape index (κ1) is 24.9. The molecule has 0 fully saturated rings. The molecule has 0 spiro atoms. The Kier molecular flexibility index (Phi) is 14.5. The van der Waals surface area contributed by atoms with E-state index in [-0.39, 0.29) is 24.8 Å². The molecule has 0 bridgehead atoms. The fourth-order valence-corrected chi connectivity index (χ4v) is 3.01. The molecule has 0 unspecified atom stereocenters. The lowest BCUT2D eigenvalue weighted by atomic mass is 10.1. The molecule has 1 aromatic carbocycles. The molecule has 1 rings (SSSR count). The molecule has 0 aliphatic rings. The number of unbranched alkanes of at least 4 members (excludes halogenated alkanes) is 7. The molecule has 4 nitrogen and oxygen atoms in total. The Bertz CT molecular complexity index is 607. The minimum Gasteiger partial charge on any atom is -0.461 e. The van der Waals surface area contributed by atoms with E-state index >= 15 is 0 Å². The molecule has 0 N–H and O–H groups in total. The Morgan fingerprint density at radius 2 is 1.59 bits per heavy atom. The van der Waals surface area contributed by atoms with E-state index < -0.39 is 0 Å². The summed E-state index contributed by atoms with van der Waals surface area (Å²) in [7, 11) is 0. The quantitative estimate of drug-likeness (QED) is 0.136. The molecular weight excluding hydrogens is 364 g/mol. The van der Waals surface area contributed by atoms with Crippen molar-refractivity contribution < 1.29 is 19.1 Å². The van der Waals surface area contributed by atoms with Crippen LogP contribution in [0.2, 0.25) is 0 Å². The van der Waals surface area contributed by atoms with E-state index in [1.165, 1.54) is 44.9 Å².